The molecule has 0 saturated carbocycles. The lowest BCUT2D eigenvalue weighted by Gasteiger charge is -2.03. The second kappa shape index (κ2) is 6.15. The van der Waals surface area contributed by atoms with Crippen molar-refractivity contribution in [2.45, 2.75) is 26.4 Å². The van der Waals surface area contributed by atoms with Crippen LogP contribution < -0.4 is 10.9 Å². The summed E-state index contributed by atoms with van der Waals surface area (Å²) in [5.74, 6) is -0.222. The molecule has 0 spiro atoms. The SMILES string of the molecule is CCc1nc(CNC(=O)Cn2[nH]c3ccccc3c2=O)cs1. The minimum Gasteiger partial charge on any atom is -0.349 e. The minimum absolute atomic E-state index is 0.0295. The summed E-state index contributed by atoms with van der Waals surface area (Å²) in [7, 11) is 0. The number of para-hydroxylation sites is 1. The van der Waals surface area contributed by atoms with Gasteiger partial charge in [-0.1, -0.05) is 19.1 Å². The van der Waals surface area contributed by atoms with Crippen molar-refractivity contribution in [3.8, 4) is 0 Å². The number of carbonyl (C=O) groups excluding carboxylic acids is 1. The standard InChI is InChI=1S/C15H16N4O2S/c1-2-14-17-10(9-22-14)7-16-13(20)8-19-15(21)11-5-3-4-6-12(11)18-19/h3-6,9,18H,2,7-8H2,1H3,(H,16,20). The van der Waals surface area contributed by atoms with Crippen molar-refractivity contribution in [3.05, 3.63) is 50.7 Å². The third-order valence-electron chi connectivity index (χ3n) is 3.33. The van der Waals surface area contributed by atoms with Gasteiger partial charge in [0.15, 0.2) is 0 Å². The topological polar surface area (TPSA) is 79.8 Å². The van der Waals surface area contributed by atoms with Crippen LogP contribution in [0.4, 0.5) is 0 Å². The molecule has 2 N–H and O–H groups in total. The van der Waals surface area contributed by atoms with E-state index >= 15 is 0 Å². The van der Waals surface area contributed by atoms with Gasteiger partial charge in [0.05, 0.1) is 28.1 Å². The quantitative estimate of drug-likeness (QED) is 0.751. The van der Waals surface area contributed by atoms with Crippen LogP contribution >= 0.6 is 11.3 Å². The van der Waals surface area contributed by atoms with Gasteiger partial charge in [0.25, 0.3) is 5.56 Å². The predicted octanol–water partition coefficient (Wildman–Crippen LogP) is 1.66. The van der Waals surface area contributed by atoms with E-state index in [9.17, 15) is 9.59 Å². The first-order valence-electron chi connectivity index (χ1n) is 7.05. The summed E-state index contributed by atoms with van der Waals surface area (Å²) in [4.78, 5) is 28.5. The van der Waals surface area contributed by atoms with Gasteiger partial charge in [0.1, 0.15) is 6.54 Å². The first-order valence-corrected chi connectivity index (χ1v) is 7.93. The van der Waals surface area contributed by atoms with Crippen LogP contribution in [0.25, 0.3) is 10.9 Å². The number of hydrogen-bond donors (Lipinski definition) is 2. The summed E-state index contributed by atoms with van der Waals surface area (Å²) >= 11 is 1.59. The number of aryl methyl sites for hydroxylation is 1. The molecule has 0 radical (unpaired) electrons. The number of nitrogens with zero attached hydrogens (tertiary/aromatic N) is 2. The van der Waals surface area contributed by atoms with Crippen LogP contribution in [0.3, 0.4) is 0 Å². The van der Waals surface area contributed by atoms with Crippen LogP contribution in [0.1, 0.15) is 17.6 Å². The van der Waals surface area contributed by atoms with Gasteiger partial charge in [-0.2, -0.15) is 0 Å². The molecule has 1 aromatic carbocycles. The lowest BCUT2D eigenvalue weighted by molar-refractivity contribution is -0.122. The average Bonchev–Trinajstić information content (AvgIpc) is 3.11. The number of aromatic nitrogens is 3. The van der Waals surface area contributed by atoms with Gasteiger partial charge in [0, 0.05) is 5.38 Å². The summed E-state index contributed by atoms with van der Waals surface area (Å²) in [5.41, 5.74) is 1.39. The molecule has 0 aliphatic carbocycles. The minimum atomic E-state index is -0.222. The Hall–Kier alpha value is -2.41. The second-order valence-electron chi connectivity index (χ2n) is 4.91. The summed E-state index contributed by atoms with van der Waals surface area (Å²) < 4.78 is 1.32. The molecule has 114 valence electrons. The lowest BCUT2D eigenvalue weighted by Crippen LogP contribution is -2.31. The molecule has 1 amide bonds. The Bertz CT molecular complexity index is 862. The van der Waals surface area contributed by atoms with E-state index in [4.69, 9.17) is 0 Å². The van der Waals surface area contributed by atoms with E-state index in [0.717, 1.165) is 22.6 Å². The Balaban J connectivity index is 1.65. The number of carbonyl (C=O) groups is 1. The number of fused-ring (bicyclic) bond motifs is 1. The number of rotatable bonds is 5. The molecule has 0 unspecified atom stereocenters. The van der Waals surface area contributed by atoms with Crippen LogP contribution in [-0.4, -0.2) is 20.7 Å². The number of nitrogens with one attached hydrogen (secondary N) is 2. The van der Waals surface area contributed by atoms with Crippen molar-refractivity contribution in [2.24, 2.45) is 0 Å². The highest BCUT2D eigenvalue weighted by atomic mass is 32.1. The molecule has 0 bridgehead atoms. The number of amides is 1. The van der Waals surface area contributed by atoms with Gasteiger partial charge in [-0.3, -0.25) is 14.7 Å². The highest BCUT2D eigenvalue weighted by molar-refractivity contribution is 7.09. The molecule has 0 fully saturated rings. The van der Waals surface area contributed by atoms with Gasteiger partial charge in [-0.15, -0.1) is 11.3 Å². The number of thiazole rings is 1. The predicted molar refractivity (Wildman–Crippen MR) is 85.9 cm³/mol. The number of benzene rings is 1. The maximum absolute atomic E-state index is 12.1. The second-order valence-corrected chi connectivity index (χ2v) is 5.85. The van der Waals surface area contributed by atoms with Gasteiger partial charge >= 0.3 is 0 Å². The zero-order valence-electron chi connectivity index (χ0n) is 12.1. The fraction of sp³-hybridized carbons (Fsp3) is 0.267. The van der Waals surface area contributed by atoms with E-state index in [-0.39, 0.29) is 18.0 Å². The Morgan fingerprint density at radius 1 is 1.41 bits per heavy atom. The highest BCUT2D eigenvalue weighted by Gasteiger charge is 2.10. The average molecular weight is 316 g/mol. The zero-order chi connectivity index (χ0) is 15.5. The number of hydrogen-bond acceptors (Lipinski definition) is 4. The van der Waals surface area contributed by atoms with E-state index in [0.29, 0.717) is 11.9 Å². The Morgan fingerprint density at radius 3 is 2.95 bits per heavy atom. The maximum atomic E-state index is 12.1. The van der Waals surface area contributed by atoms with Crippen LogP contribution in [0, 0.1) is 0 Å². The smallest absolute Gasteiger partial charge is 0.274 e. The van der Waals surface area contributed by atoms with Crippen molar-refractivity contribution in [3.63, 3.8) is 0 Å². The van der Waals surface area contributed by atoms with Gasteiger partial charge in [0.2, 0.25) is 5.91 Å². The number of H-pyrrole nitrogens is 1. The van der Waals surface area contributed by atoms with Crippen molar-refractivity contribution in [1.82, 2.24) is 20.1 Å². The molecule has 0 atom stereocenters. The van der Waals surface area contributed by atoms with E-state index in [1.54, 1.807) is 23.5 Å². The molecule has 2 heterocycles. The van der Waals surface area contributed by atoms with Gasteiger partial charge in [-0.25, -0.2) is 9.67 Å². The maximum Gasteiger partial charge on any atom is 0.274 e. The van der Waals surface area contributed by atoms with Gasteiger partial charge in [-0.05, 0) is 18.6 Å². The summed E-state index contributed by atoms with van der Waals surface area (Å²) in [5, 5.41) is 9.29. The fourth-order valence-corrected chi connectivity index (χ4v) is 2.95. The van der Waals surface area contributed by atoms with Crippen molar-refractivity contribution in [1.29, 1.82) is 0 Å². The molecule has 0 aliphatic heterocycles. The van der Waals surface area contributed by atoms with E-state index in [1.165, 1.54) is 4.68 Å². The molecule has 0 saturated heterocycles. The third-order valence-corrected chi connectivity index (χ3v) is 4.37. The summed E-state index contributed by atoms with van der Waals surface area (Å²) in [6, 6.07) is 7.20. The van der Waals surface area contributed by atoms with E-state index in [2.05, 4.69) is 15.4 Å². The van der Waals surface area contributed by atoms with Crippen LogP contribution in [0.2, 0.25) is 0 Å². The highest BCUT2D eigenvalue weighted by Crippen LogP contribution is 2.09. The fourth-order valence-electron chi connectivity index (χ4n) is 2.20. The largest absolute Gasteiger partial charge is 0.349 e. The summed E-state index contributed by atoms with van der Waals surface area (Å²) in [6.07, 6.45) is 0.892. The Labute approximate surface area is 130 Å². The molecule has 22 heavy (non-hydrogen) atoms. The monoisotopic (exact) mass is 316 g/mol. The van der Waals surface area contributed by atoms with Gasteiger partial charge < -0.3 is 5.32 Å². The molecule has 3 aromatic rings. The molecule has 6 nitrogen and oxygen atoms in total. The van der Waals surface area contributed by atoms with Crippen molar-refractivity contribution in [2.75, 3.05) is 0 Å². The molecule has 0 aliphatic rings. The van der Waals surface area contributed by atoms with Crippen molar-refractivity contribution < 1.29 is 4.79 Å². The zero-order valence-corrected chi connectivity index (χ0v) is 12.9. The molecule has 2 aromatic heterocycles. The first-order chi connectivity index (χ1) is 10.7. The molecular weight excluding hydrogens is 300 g/mol. The molecule has 7 heteroatoms. The first kappa shape index (κ1) is 14.5. The number of aromatic amines is 1. The van der Waals surface area contributed by atoms with E-state index < -0.39 is 0 Å². The normalized spacial score (nSPS) is 11.0. The Kier molecular flexibility index (Phi) is 4.06. The van der Waals surface area contributed by atoms with Crippen molar-refractivity contribution >= 4 is 28.1 Å². The lowest BCUT2D eigenvalue weighted by atomic mass is 10.3. The third kappa shape index (κ3) is 2.94. The molecular formula is C15H16N4O2S. The van der Waals surface area contributed by atoms with E-state index in [1.807, 2.05) is 24.4 Å². The van der Waals surface area contributed by atoms with Crippen LogP contribution in [0.5, 0.6) is 0 Å². The van der Waals surface area contributed by atoms with Crippen LogP contribution in [-0.2, 0) is 24.3 Å². The summed E-state index contributed by atoms with van der Waals surface area (Å²) in [6.45, 7) is 2.39. The molecule has 3 rings (SSSR count). The Morgan fingerprint density at radius 2 is 2.23 bits per heavy atom. The van der Waals surface area contributed by atoms with Crippen LogP contribution in [0.15, 0.2) is 34.4 Å².